The minimum absolute atomic E-state index is 0.222. The number of amides is 1. The first kappa shape index (κ1) is 13.6. The molecule has 0 radical (unpaired) electrons. The maximum atomic E-state index is 12.6. The summed E-state index contributed by atoms with van der Waals surface area (Å²) < 4.78 is 12.6. The fourth-order valence-electron chi connectivity index (χ4n) is 1.48. The van der Waals surface area contributed by atoms with Gasteiger partial charge in [0.2, 0.25) is 5.95 Å². The van der Waals surface area contributed by atoms with Crippen LogP contribution in [-0.4, -0.2) is 39.6 Å². The van der Waals surface area contributed by atoms with E-state index in [4.69, 9.17) is 0 Å². The van der Waals surface area contributed by atoms with Gasteiger partial charge in [0.1, 0.15) is 0 Å². The molecule has 0 fully saturated rings. The maximum absolute atomic E-state index is 12.6. The summed E-state index contributed by atoms with van der Waals surface area (Å²) in [5, 5.41) is 9.69. The van der Waals surface area contributed by atoms with Crippen molar-refractivity contribution in [2.24, 2.45) is 0 Å². The number of nitrogens with zero attached hydrogens (tertiary/aromatic N) is 2. The number of likely N-dealkylation sites (N-methyl/N-ethyl adjacent to an activating group) is 1. The third-order valence-electron chi connectivity index (χ3n) is 2.22. The highest BCUT2D eigenvalue weighted by Gasteiger charge is 2.22. The fourth-order valence-corrected chi connectivity index (χ4v) is 1.48. The number of hydrogen-bond donors (Lipinski definition) is 1. The van der Waals surface area contributed by atoms with Crippen molar-refractivity contribution < 1.29 is 14.3 Å². The van der Waals surface area contributed by atoms with Crippen molar-refractivity contribution in [1.29, 1.82) is 0 Å². The van der Waals surface area contributed by atoms with Crippen molar-refractivity contribution in [2.75, 3.05) is 13.1 Å². The van der Waals surface area contributed by atoms with Crippen LogP contribution in [0.4, 0.5) is 4.39 Å². The van der Waals surface area contributed by atoms with Crippen LogP contribution in [0.5, 0.6) is 0 Å². The van der Waals surface area contributed by atoms with Gasteiger partial charge in [0, 0.05) is 19.3 Å². The normalized spacial score (nSPS) is 11.4. The molecule has 0 saturated heterocycles. The molecule has 1 rings (SSSR count). The molecule has 1 aromatic rings. The monoisotopic (exact) mass is 240 g/mol. The molecule has 0 aliphatic carbocycles. The topological polar surface area (TPSA) is 53.4 Å². The van der Waals surface area contributed by atoms with Crippen LogP contribution in [-0.2, 0) is 0 Å². The van der Waals surface area contributed by atoms with E-state index < -0.39 is 11.5 Å². The van der Waals surface area contributed by atoms with Crippen LogP contribution in [0.25, 0.3) is 0 Å². The quantitative estimate of drug-likeness (QED) is 0.810. The molecule has 1 heterocycles. The van der Waals surface area contributed by atoms with E-state index in [0.717, 1.165) is 6.07 Å². The van der Waals surface area contributed by atoms with E-state index in [2.05, 4.69) is 4.98 Å². The fraction of sp³-hybridized carbons (Fsp3) is 0.500. The largest absolute Gasteiger partial charge is 0.389 e. The number of aliphatic hydroxyl groups is 1. The summed E-state index contributed by atoms with van der Waals surface area (Å²) in [5.74, 6) is -0.880. The Balaban J connectivity index is 2.83. The molecule has 1 amide bonds. The number of aromatic nitrogens is 1. The van der Waals surface area contributed by atoms with Crippen molar-refractivity contribution in [3.05, 3.63) is 29.8 Å². The van der Waals surface area contributed by atoms with E-state index in [1.165, 1.54) is 17.2 Å². The highest BCUT2D eigenvalue weighted by molar-refractivity contribution is 5.93. The molecular weight excluding hydrogens is 223 g/mol. The van der Waals surface area contributed by atoms with Crippen molar-refractivity contribution in [2.45, 2.75) is 26.4 Å². The molecule has 94 valence electrons. The van der Waals surface area contributed by atoms with Crippen LogP contribution < -0.4 is 0 Å². The van der Waals surface area contributed by atoms with Crippen LogP contribution in [0.3, 0.4) is 0 Å². The van der Waals surface area contributed by atoms with Crippen LogP contribution in [0.15, 0.2) is 18.3 Å². The second-order valence-corrected chi connectivity index (χ2v) is 4.50. The summed E-state index contributed by atoms with van der Waals surface area (Å²) in [4.78, 5) is 16.9. The minimum atomic E-state index is -0.959. The van der Waals surface area contributed by atoms with Gasteiger partial charge in [-0.1, -0.05) is 0 Å². The maximum Gasteiger partial charge on any atom is 0.255 e. The lowest BCUT2D eigenvalue weighted by Gasteiger charge is -2.28. The summed E-state index contributed by atoms with van der Waals surface area (Å²) in [5.41, 5.74) is -0.642. The van der Waals surface area contributed by atoms with Gasteiger partial charge in [-0.15, -0.1) is 0 Å². The Kier molecular flexibility index (Phi) is 4.17. The smallest absolute Gasteiger partial charge is 0.255 e. The SMILES string of the molecule is CCN(CC(C)(C)O)C(=O)c1ccc(F)nc1. The Morgan fingerprint density at radius 2 is 2.18 bits per heavy atom. The van der Waals surface area contributed by atoms with Gasteiger partial charge in [-0.25, -0.2) is 4.98 Å². The van der Waals surface area contributed by atoms with Gasteiger partial charge in [-0.2, -0.15) is 4.39 Å². The lowest BCUT2D eigenvalue weighted by molar-refractivity contribution is 0.0314. The molecule has 1 aromatic heterocycles. The predicted molar refractivity (Wildman–Crippen MR) is 62.1 cm³/mol. The number of rotatable bonds is 4. The molecule has 0 aliphatic heterocycles. The Labute approximate surface area is 100 Å². The molecule has 0 aliphatic rings. The zero-order valence-electron chi connectivity index (χ0n) is 10.3. The highest BCUT2D eigenvalue weighted by atomic mass is 19.1. The minimum Gasteiger partial charge on any atom is -0.389 e. The van der Waals surface area contributed by atoms with E-state index in [1.54, 1.807) is 13.8 Å². The number of hydrogen-bond acceptors (Lipinski definition) is 3. The van der Waals surface area contributed by atoms with Crippen molar-refractivity contribution in [1.82, 2.24) is 9.88 Å². The standard InChI is InChI=1S/C12H17FN2O2/c1-4-15(8-12(2,3)17)11(16)9-5-6-10(13)14-7-9/h5-7,17H,4,8H2,1-3H3. The van der Waals surface area contributed by atoms with Gasteiger partial charge in [0.25, 0.3) is 5.91 Å². The summed E-state index contributed by atoms with van der Waals surface area (Å²) in [7, 11) is 0. The molecule has 1 N–H and O–H groups in total. The Morgan fingerprint density at radius 1 is 1.53 bits per heavy atom. The first-order chi connectivity index (χ1) is 7.83. The van der Waals surface area contributed by atoms with E-state index in [9.17, 15) is 14.3 Å². The van der Waals surface area contributed by atoms with Gasteiger partial charge in [-0.05, 0) is 32.9 Å². The Hall–Kier alpha value is -1.49. The summed E-state index contributed by atoms with van der Waals surface area (Å²) in [6, 6.07) is 2.53. The average Bonchev–Trinajstić information content (AvgIpc) is 2.25. The molecular formula is C12H17FN2O2. The first-order valence-electron chi connectivity index (χ1n) is 5.46. The molecule has 0 spiro atoms. The first-order valence-corrected chi connectivity index (χ1v) is 5.46. The van der Waals surface area contributed by atoms with Crippen LogP contribution in [0, 0.1) is 5.95 Å². The van der Waals surface area contributed by atoms with Crippen LogP contribution >= 0.6 is 0 Å². The van der Waals surface area contributed by atoms with Gasteiger partial charge in [-0.3, -0.25) is 4.79 Å². The molecule has 0 atom stereocenters. The molecule has 0 bridgehead atoms. The Morgan fingerprint density at radius 3 is 2.59 bits per heavy atom. The molecule has 0 aromatic carbocycles. The molecule has 0 unspecified atom stereocenters. The van der Waals surface area contributed by atoms with E-state index >= 15 is 0 Å². The zero-order chi connectivity index (χ0) is 13.1. The second-order valence-electron chi connectivity index (χ2n) is 4.50. The highest BCUT2D eigenvalue weighted by Crippen LogP contribution is 2.09. The lowest BCUT2D eigenvalue weighted by Crippen LogP contribution is -2.42. The van der Waals surface area contributed by atoms with E-state index in [0.29, 0.717) is 12.1 Å². The predicted octanol–water partition coefficient (Wildman–Crippen LogP) is 1.45. The van der Waals surface area contributed by atoms with E-state index in [1.807, 2.05) is 6.92 Å². The molecule has 4 nitrogen and oxygen atoms in total. The van der Waals surface area contributed by atoms with Crippen LogP contribution in [0.1, 0.15) is 31.1 Å². The van der Waals surface area contributed by atoms with Gasteiger partial charge in [0.05, 0.1) is 11.2 Å². The third kappa shape index (κ3) is 4.11. The summed E-state index contributed by atoms with van der Waals surface area (Å²) in [6.07, 6.45) is 1.20. The van der Waals surface area contributed by atoms with Crippen molar-refractivity contribution >= 4 is 5.91 Å². The van der Waals surface area contributed by atoms with Crippen molar-refractivity contribution in [3.8, 4) is 0 Å². The summed E-state index contributed by atoms with van der Waals surface area (Å²) in [6.45, 7) is 5.78. The number of carbonyl (C=O) groups is 1. The third-order valence-corrected chi connectivity index (χ3v) is 2.22. The van der Waals surface area contributed by atoms with Crippen LogP contribution in [0.2, 0.25) is 0 Å². The average molecular weight is 240 g/mol. The second kappa shape index (κ2) is 5.23. The number of carbonyl (C=O) groups excluding carboxylic acids is 1. The number of pyridine rings is 1. The number of halogens is 1. The lowest BCUT2D eigenvalue weighted by atomic mass is 10.1. The van der Waals surface area contributed by atoms with E-state index in [-0.39, 0.29) is 12.5 Å². The molecule has 0 saturated carbocycles. The molecule has 17 heavy (non-hydrogen) atoms. The Bertz CT molecular complexity index is 384. The molecule has 5 heteroatoms. The van der Waals surface area contributed by atoms with Gasteiger partial charge >= 0.3 is 0 Å². The zero-order valence-corrected chi connectivity index (χ0v) is 10.3. The van der Waals surface area contributed by atoms with Gasteiger partial charge in [0.15, 0.2) is 0 Å². The van der Waals surface area contributed by atoms with Gasteiger partial charge < -0.3 is 10.0 Å². The van der Waals surface area contributed by atoms with Crippen molar-refractivity contribution in [3.63, 3.8) is 0 Å². The summed E-state index contributed by atoms with van der Waals surface area (Å²) >= 11 is 0.